The Bertz CT molecular complexity index is 473. The fraction of sp³-hybridized carbons (Fsp3) is 0.400. The van der Waals surface area contributed by atoms with Crippen LogP contribution >= 0.6 is 22.3 Å². The molecule has 0 saturated heterocycles. The van der Waals surface area contributed by atoms with Crippen LogP contribution in [0.25, 0.3) is 0 Å². The third-order valence-electron chi connectivity index (χ3n) is 1.87. The second-order valence-corrected chi connectivity index (χ2v) is 6.02. The summed E-state index contributed by atoms with van der Waals surface area (Å²) in [6.07, 6.45) is 0. The lowest BCUT2D eigenvalue weighted by Crippen LogP contribution is -2.06. The van der Waals surface area contributed by atoms with Gasteiger partial charge in [0, 0.05) is 23.4 Å². The van der Waals surface area contributed by atoms with Gasteiger partial charge in [-0.2, -0.15) is 0 Å². The van der Waals surface area contributed by atoms with Crippen molar-refractivity contribution in [3.05, 3.63) is 23.2 Å². The van der Waals surface area contributed by atoms with E-state index in [0.29, 0.717) is 25.6 Å². The number of benzene rings is 1. The molecule has 0 N–H and O–H groups in total. The summed E-state index contributed by atoms with van der Waals surface area (Å²) in [6.45, 7) is 3.34. The van der Waals surface area contributed by atoms with Crippen LogP contribution in [0.15, 0.2) is 23.1 Å². The van der Waals surface area contributed by atoms with Crippen molar-refractivity contribution in [2.45, 2.75) is 11.8 Å². The zero-order valence-corrected chi connectivity index (χ0v) is 11.5. The predicted octanol–water partition coefficient (Wildman–Crippen LogP) is 2.68. The summed E-state index contributed by atoms with van der Waals surface area (Å²) < 4.78 is 32.6. The summed E-state index contributed by atoms with van der Waals surface area (Å²) in [5.74, 6) is 0.471. The number of hydrogen-bond donors (Lipinski definition) is 0. The van der Waals surface area contributed by atoms with Crippen LogP contribution < -0.4 is 4.74 Å². The summed E-state index contributed by atoms with van der Waals surface area (Å²) in [5.41, 5.74) is 0. The first-order valence-corrected chi connectivity index (χ1v) is 7.58. The third-order valence-corrected chi connectivity index (χ3v) is 3.67. The molecule has 0 aliphatic rings. The van der Waals surface area contributed by atoms with Crippen LogP contribution in [0.2, 0.25) is 5.02 Å². The molecule has 96 valence electrons. The number of ether oxygens (including phenoxy) is 2. The molecule has 0 fully saturated rings. The van der Waals surface area contributed by atoms with Gasteiger partial charge in [0.2, 0.25) is 0 Å². The van der Waals surface area contributed by atoms with Crippen molar-refractivity contribution in [3.63, 3.8) is 0 Å². The van der Waals surface area contributed by atoms with Gasteiger partial charge in [-0.05, 0) is 19.1 Å². The van der Waals surface area contributed by atoms with Gasteiger partial charge in [0.1, 0.15) is 17.3 Å². The van der Waals surface area contributed by atoms with Gasteiger partial charge in [-0.15, -0.1) is 0 Å². The molecule has 0 bridgehead atoms. The maximum atomic E-state index is 11.1. The summed E-state index contributed by atoms with van der Waals surface area (Å²) in [5, 5.41) is 0.0360. The van der Waals surface area contributed by atoms with Gasteiger partial charge in [0.25, 0.3) is 9.05 Å². The van der Waals surface area contributed by atoms with Crippen LogP contribution in [0.5, 0.6) is 5.75 Å². The first kappa shape index (κ1) is 14.6. The highest BCUT2D eigenvalue weighted by molar-refractivity contribution is 8.13. The number of hydrogen-bond acceptors (Lipinski definition) is 4. The molecule has 4 nitrogen and oxygen atoms in total. The van der Waals surface area contributed by atoms with Crippen LogP contribution in [-0.2, 0) is 13.8 Å². The SMILES string of the molecule is CCOCCOc1ccc(S(=O)(=O)Cl)c(Cl)c1. The van der Waals surface area contributed by atoms with Gasteiger partial charge in [-0.25, -0.2) is 8.42 Å². The van der Waals surface area contributed by atoms with Crippen LogP contribution in [0.1, 0.15) is 6.92 Å². The van der Waals surface area contributed by atoms with Crippen molar-refractivity contribution in [2.75, 3.05) is 19.8 Å². The lowest BCUT2D eigenvalue weighted by Gasteiger charge is -2.07. The fourth-order valence-corrected chi connectivity index (χ4v) is 2.65. The van der Waals surface area contributed by atoms with Crippen molar-refractivity contribution in [2.24, 2.45) is 0 Å². The Balaban J connectivity index is 2.70. The molecule has 0 aromatic heterocycles. The first-order valence-electron chi connectivity index (χ1n) is 4.90. The van der Waals surface area contributed by atoms with E-state index in [4.69, 9.17) is 31.8 Å². The highest BCUT2D eigenvalue weighted by Gasteiger charge is 2.15. The van der Waals surface area contributed by atoms with E-state index in [9.17, 15) is 8.42 Å². The summed E-state index contributed by atoms with van der Waals surface area (Å²) in [6, 6.07) is 4.20. The van der Waals surface area contributed by atoms with Gasteiger partial charge in [0.05, 0.1) is 11.6 Å². The minimum atomic E-state index is -3.82. The van der Waals surface area contributed by atoms with Gasteiger partial charge in [-0.1, -0.05) is 11.6 Å². The van der Waals surface area contributed by atoms with Crippen molar-refractivity contribution in [1.82, 2.24) is 0 Å². The average Bonchev–Trinajstić information content (AvgIpc) is 2.23. The summed E-state index contributed by atoms with van der Waals surface area (Å²) in [7, 11) is 1.37. The quantitative estimate of drug-likeness (QED) is 0.598. The minimum absolute atomic E-state index is 0.0360. The van der Waals surface area contributed by atoms with Crippen LogP contribution in [0.4, 0.5) is 0 Å². The van der Waals surface area contributed by atoms with Crippen LogP contribution in [0.3, 0.4) is 0 Å². The molecule has 17 heavy (non-hydrogen) atoms. The standard InChI is InChI=1S/C10H12Cl2O4S/c1-2-15-5-6-16-8-3-4-10(9(11)7-8)17(12,13)14/h3-4,7H,2,5-6H2,1H3. The van der Waals surface area contributed by atoms with E-state index < -0.39 is 9.05 Å². The second-order valence-electron chi connectivity index (χ2n) is 3.08. The Morgan fingerprint density at radius 2 is 2.00 bits per heavy atom. The number of rotatable bonds is 6. The zero-order chi connectivity index (χ0) is 12.9. The second kappa shape index (κ2) is 6.44. The largest absolute Gasteiger partial charge is 0.491 e. The van der Waals surface area contributed by atoms with E-state index in [2.05, 4.69) is 0 Å². The van der Waals surface area contributed by atoms with Crippen LogP contribution in [0, 0.1) is 0 Å². The molecule has 0 aliphatic carbocycles. The van der Waals surface area contributed by atoms with E-state index in [1.54, 1.807) is 0 Å². The summed E-state index contributed by atoms with van der Waals surface area (Å²) >= 11 is 5.78. The molecule has 0 unspecified atom stereocenters. The van der Waals surface area contributed by atoms with Crippen molar-refractivity contribution in [3.8, 4) is 5.75 Å². The normalized spacial score (nSPS) is 11.5. The van der Waals surface area contributed by atoms with Gasteiger partial charge >= 0.3 is 0 Å². The lowest BCUT2D eigenvalue weighted by molar-refractivity contribution is 0.110. The summed E-state index contributed by atoms with van der Waals surface area (Å²) in [4.78, 5) is -0.127. The maximum absolute atomic E-state index is 11.1. The molecule has 1 aromatic rings. The molecule has 0 radical (unpaired) electrons. The van der Waals surface area contributed by atoms with Crippen molar-refractivity contribution in [1.29, 1.82) is 0 Å². The molecule has 7 heteroatoms. The molecular weight excluding hydrogens is 287 g/mol. The topological polar surface area (TPSA) is 52.6 Å². The Kier molecular flexibility index (Phi) is 5.52. The molecule has 0 heterocycles. The van der Waals surface area contributed by atoms with E-state index in [-0.39, 0.29) is 9.92 Å². The maximum Gasteiger partial charge on any atom is 0.262 e. The van der Waals surface area contributed by atoms with E-state index in [1.807, 2.05) is 6.92 Å². The first-order chi connectivity index (χ1) is 7.95. The molecule has 0 saturated carbocycles. The molecule has 1 aromatic carbocycles. The number of halogens is 2. The minimum Gasteiger partial charge on any atom is -0.491 e. The predicted molar refractivity (Wildman–Crippen MR) is 66.5 cm³/mol. The highest BCUT2D eigenvalue weighted by atomic mass is 35.7. The zero-order valence-electron chi connectivity index (χ0n) is 9.15. The lowest BCUT2D eigenvalue weighted by atomic mass is 10.3. The Hall–Kier alpha value is -0.490. The van der Waals surface area contributed by atoms with Gasteiger partial charge in [0.15, 0.2) is 0 Å². The molecule has 0 amide bonds. The highest BCUT2D eigenvalue weighted by Crippen LogP contribution is 2.28. The van der Waals surface area contributed by atoms with Crippen molar-refractivity contribution < 1.29 is 17.9 Å². The fourth-order valence-electron chi connectivity index (χ4n) is 1.13. The molecular formula is C10H12Cl2O4S. The molecule has 0 spiro atoms. The monoisotopic (exact) mass is 298 g/mol. The Labute approximate surface area is 110 Å². The molecule has 1 rings (SSSR count). The van der Waals surface area contributed by atoms with Gasteiger partial charge in [-0.3, -0.25) is 0 Å². The third kappa shape index (κ3) is 4.71. The smallest absolute Gasteiger partial charge is 0.262 e. The van der Waals surface area contributed by atoms with Gasteiger partial charge < -0.3 is 9.47 Å². The van der Waals surface area contributed by atoms with E-state index in [0.717, 1.165) is 0 Å². The van der Waals surface area contributed by atoms with E-state index >= 15 is 0 Å². The average molecular weight is 299 g/mol. The Morgan fingerprint density at radius 3 is 2.53 bits per heavy atom. The van der Waals surface area contributed by atoms with Crippen molar-refractivity contribution >= 4 is 31.3 Å². The molecule has 0 atom stereocenters. The van der Waals surface area contributed by atoms with E-state index in [1.165, 1.54) is 18.2 Å². The molecule has 0 aliphatic heterocycles. The Morgan fingerprint density at radius 1 is 1.29 bits per heavy atom. The van der Waals surface area contributed by atoms with Crippen LogP contribution in [-0.4, -0.2) is 28.2 Å².